The summed E-state index contributed by atoms with van der Waals surface area (Å²) in [5.41, 5.74) is 0. The zero-order valence-electron chi connectivity index (χ0n) is 6.36. The predicted octanol–water partition coefficient (Wildman–Crippen LogP) is 0.756. The number of ketones is 1. The fourth-order valence-corrected chi connectivity index (χ4v) is 1.48. The summed E-state index contributed by atoms with van der Waals surface area (Å²) in [5.74, 6) is 0.368. The van der Waals surface area contributed by atoms with Crippen molar-refractivity contribution in [2.75, 3.05) is 13.1 Å². The van der Waals surface area contributed by atoms with Gasteiger partial charge in [0.15, 0.2) is 5.78 Å². The predicted molar refractivity (Wildman–Crippen MR) is 43.3 cm³/mol. The number of likely N-dealkylation sites (tertiary alicyclic amines) is 1. The van der Waals surface area contributed by atoms with Crippen molar-refractivity contribution in [2.45, 2.75) is 12.5 Å². The molecular weight excluding hydrogens is 138 g/mol. The molecular formula is C9H11NO. The van der Waals surface area contributed by atoms with E-state index in [1.54, 1.807) is 0 Å². The fraction of sp³-hybridized carbons (Fsp3) is 0.444. The van der Waals surface area contributed by atoms with Crippen LogP contribution in [0, 0.1) is 0 Å². The highest BCUT2D eigenvalue weighted by Gasteiger charge is 2.28. The first-order valence-corrected chi connectivity index (χ1v) is 3.95. The highest BCUT2D eigenvalue weighted by Crippen LogP contribution is 2.15. The second-order valence-corrected chi connectivity index (χ2v) is 3.06. The van der Waals surface area contributed by atoms with E-state index in [0.29, 0.717) is 24.9 Å². The van der Waals surface area contributed by atoms with Crippen LogP contribution in [0.2, 0.25) is 0 Å². The van der Waals surface area contributed by atoms with Gasteiger partial charge >= 0.3 is 0 Å². The SMILES string of the molecule is O=C1CN([C@@H]2C=CC=CC2)C1. The minimum atomic E-state index is 0.368. The standard InChI is InChI=1S/C9H11NO/c11-9-6-10(7-9)8-4-2-1-3-5-8/h1-4,8H,5-7H2/t8-/m1/s1. The Hall–Kier alpha value is -0.890. The fourth-order valence-electron chi connectivity index (χ4n) is 1.48. The summed E-state index contributed by atoms with van der Waals surface area (Å²) in [6.07, 6.45) is 9.47. The van der Waals surface area contributed by atoms with Crippen LogP contribution in [-0.4, -0.2) is 29.8 Å². The van der Waals surface area contributed by atoms with Crippen molar-refractivity contribution >= 4 is 5.78 Å². The van der Waals surface area contributed by atoms with E-state index in [1.807, 2.05) is 0 Å². The maximum Gasteiger partial charge on any atom is 0.160 e. The average Bonchev–Trinajstić information content (AvgIpc) is 2.01. The van der Waals surface area contributed by atoms with E-state index in [9.17, 15) is 4.79 Å². The third-order valence-electron chi connectivity index (χ3n) is 2.19. The molecule has 0 spiro atoms. The average molecular weight is 149 g/mol. The number of nitrogens with zero attached hydrogens (tertiary/aromatic N) is 1. The smallest absolute Gasteiger partial charge is 0.160 e. The lowest BCUT2D eigenvalue weighted by Gasteiger charge is -2.35. The van der Waals surface area contributed by atoms with Crippen LogP contribution in [0.1, 0.15) is 6.42 Å². The first kappa shape index (κ1) is 6.80. The van der Waals surface area contributed by atoms with E-state index < -0.39 is 0 Å². The summed E-state index contributed by atoms with van der Waals surface area (Å²) in [4.78, 5) is 12.9. The van der Waals surface area contributed by atoms with Crippen LogP contribution in [0.15, 0.2) is 24.3 Å². The van der Waals surface area contributed by atoms with E-state index >= 15 is 0 Å². The number of carbonyl (C=O) groups excluding carboxylic acids is 1. The van der Waals surface area contributed by atoms with Crippen LogP contribution in [-0.2, 0) is 4.79 Å². The van der Waals surface area contributed by atoms with Crippen molar-refractivity contribution in [3.63, 3.8) is 0 Å². The van der Waals surface area contributed by atoms with Crippen molar-refractivity contribution in [1.82, 2.24) is 4.90 Å². The summed E-state index contributed by atoms with van der Waals surface area (Å²) >= 11 is 0. The lowest BCUT2D eigenvalue weighted by molar-refractivity contribution is -0.130. The topological polar surface area (TPSA) is 20.3 Å². The van der Waals surface area contributed by atoms with Gasteiger partial charge in [-0.25, -0.2) is 0 Å². The molecule has 0 amide bonds. The molecule has 1 heterocycles. The van der Waals surface area contributed by atoms with Crippen molar-refractivity contribution in [2.24, 2.45) is 0 Å². The highest BCUT2D eigenvalue weighted by atomic mass is 16.1. The van der Waals surface area contributed by atoms with Gasteiger partial charge in [0, 0.05) is 6.04 Å². The van der Waals surface area contributed by atoms with Crippen LogP contribution in [0.4, 0.5) is 0 Å². The molecule has 2 rings (SSSR count). The van der Waals surface area contributed by atoms with Gasteiger partial charge in [-0.15, -0.1) is 0 Å². The second kappa shape index (κ2) is 2.62. The highest BCUT2D eigenvalue weighted by molar-refractivity contribution is 5.87. The lowest BCUT2D eigenvalue weighted by atomic mass is 10.0. The molecule has 2 aliphatic rings. The van der Waals surface area contributed by atoms with Crippen LogP contribution >= 0.6 is 0 Å². The van der Waals surface area contributed by atoms with Crippen molar-refractivity contribution in [3.8, 4) is 0 Å². The number of Topliss-reactive ketones (excluding diaryl/α,β-unsaturated/α-hetero) is 1. The van der Waals surface area contributed by atoms with Crippen LogP contribution in [0.5, 0.6) is 0 Å². The molecule has 58 valence electrons. The first-order chi connectivity index (χ1) is 5.36. The van der Waals surface area contributed by atoms with E-state index in [2.05, 4.69) is 29.2 Å². The number of carbonyl (C=O) groups is 1. The zero-order valence-corrected chi connectivity index (χ0v) is 6.36. The van der Waals surface area contributed by atoms with Crippen molar-refractivity contribution in [1.29, 1.82) is 0 Å². The molecule has 0 saturated carbocycles. The van der Waals surface area contributed by atoms with E-state index in [4.69, 9.17) is 0 Å². The largest absolute Gasteiger partial charge is 0.297 e. The Balaban J connectivity index is 1.92. The Morgan fingerprint density at radius 3 is 2.73 bits per heavy atom. The van der Waals surface area contributed by atoms with Crippen molar-refractivity contribution in [3.05, 3.63) is 24.3 Å². The molecule has 1 atom stereocenters. The first-order valence-electron chi connectivity index (χ1n) is 3.95. The molecule has 2 nitrogen and oxygen atoms in total. The number of hydrogen-bond acceptors (Lipinski definition) is 2. The molecule has 0 unspecified atom stereocenters. The Bertz CT molecular complexity index is 222. The molecule has 2 heteroatoms. The maximum atomic E-state index is 10.7. The third-order valence-corrected chi connectivity index (χ3v) is 2.19. The molecule has 0 N–H and O–H groups in total. The van der Waals surface area contributed by atoms with E-state index in [1.165, 1.54) is 0 Å². The normalized spacial score (nSPS) is 30.5. The van der Waals surface area contributed by atoms with Crippen LogP contribution in [0.3, 0.4) is 0 Å². The van der Waals surface area contributed by atoms with Gasteiger partial charge in [0.05, 0.1) is 13.1 Å². The molecule has 1 saturated heterocycles. The van der Waals surface area contributed by atoms with Crippen LogP contribution in [0.25, 0.3) is 0 Å². The molecule has 1 aliphatic carbocycles. The molecule has 11 heavy (non-hydrogen) atoms. The molecule has 0 bridgehead atoms. The van der Waals surface area contributed by atoms with Crippen molar-refractivity contribution < 1.29 is 4.79 Å². The lowest BCUT2D eigenvalue weighted by Crippen LogP contribution is -2.52. The van der Waals surface area contributed by atoms with Gasteiger partial charge in [-0.3, -0.25) is 9.69 Å². The molecule has 0 aromatic carbocycles. The Morgan fingerprint density at radius 1 is 1.36 bits per heavy atom. The summed E-state index contributed by atoms with van der Waals surface area (Å²) in [6.45, 7) is 1.31. The molecule has 0 aromatic heterocycles. The van der Waals surface area contributed by atoms with E-state index in [-0.39, 0.29) is 0 Å². The Morgan fingerprint density at radius 2 is 2.18 bits per heavy atom. The minimum Gasteiger partial charge on any atom is -0.297 e. The molecule has 1 fully saturated rings. The summed E-state index contributed by atoms with van der Waals surface area (Å²) in [6, 6.07) is 0.484. The second-order valence-electron chi connectivity index (χ2n) is 3.06. The van der Waals surface area contributed by atoms with Gasteiger partial charge in [-0.1, -0.05) is 24.3 Å². The summed E-state index contributed by atoms with van der Waals surface area (Å²) in [7, 11) is 0. The Kier molecular flexibility index (Phi) is 1.62. The van der Waals surface area contributed by atoms with Gasteiger partial charge in [0.1, 0.15) is 0 Å². The monoisotopic (exact) mass is 149 g/mol. The van der Waals surface area contributed by atoms with E-state index in [0.717, 1.165) is 6.42 Å². The summed E-state index contributed by atoms with van der Waals surface area (Å²) in [5, 5.41) is 0. The Labute approximate surface area is 66.2 Å². The van der Waals surface area contributed by atoms with Gasteiger partial charge in [-0.05, 0) is 6.42 Å². The molecule has 0 radical (unpaired) electrons. The van der Waals surface area contributed by atoms with Gasteiger partial charge < -0.3 is 0 Å². The van der Waals surface area contributed by atoms with Gasteiger partial charge in [0.25, 0.3) is 0 Å². The van der Waals surface area contributed by atoms with Gasteiger partial charge in [-0.2, -0.15) is 0 Å². The van der Waals surface area contributed by atoms with Crippen LogP contribution < -0.4 is 0 Å². The van der Waals surface area contributed by atoms with Gasteiger partial charge in [0.2, 0.25) is 0 Å². The number of rotatable bonds is 1. The number of allylic oxidation sites excluding steroid dienone is 2. The molecule has 0 aromatic rings. The number of hydrogen-bond donors (Lipinski definition) is 0. The quantitative estimate of drug-likeness (QED) is 0.548. The molecule has 1 aliphatic heterocycles. The third kappa shape index (κ3) is 1.26. The zero-order chi connectivity index (χ0) is 7.68. The minimum absolute atomic E-state index is 0.368. The maximum absolute atomic E-state index is 10.7. The summed E-state index contributed by atoms with van der Waals surface area (Å²) < 4.78 is 0.